The van der Waals surface area contributed by atoms with E-state index in [4.69, 9.17) is 11.6 Å². The second-order valence-corrected chi connectivity index (χ2v) is 7.87. The molecular weight excluding hydrogens is 404 g/mol. The molecule has 1 atom stereocenters. The molecule has 0 spiro atoms. The van der Waals surface area contributed by atoms with Crippen molar-refractivity contribution in [2.24, 2.45) is 14.1 Å². The first-order valence-corrected chi connectivity index (χ1v) is 9.88. The zero-order chi connectivity index (χ0) is 21.6. The molecule has 0 fully saturated rings. The fraction of sp³-hybridized carbons (Fsp3) is 0.227. The molecule has 0 saturated carbocycles. The highest BCUT2D eigenvalue weighted by Gasteiger charge is 2.17. The van der Waals surface area contributed by atoms with E-state index in [1.807, 2.05) is 43.3 Å². The summed E-state index contributed by atoms with van der Waals surface area (Å²) >= 11 is 6.11. The third-order valence-electron chi connectivity index (χ3n) is 5.55. The van der Waals surface area contributed by atoms with Gasteiger partial charge in [-0.3, -0.25) is 18.7 Å². The highest BCUT2D eigenvalue weighted by atomic mass is 35.5. The quantitative estimate of drug-likeness (QED) is 0.528. The van der Waals surface area contributed by atoms with Crippen molar-refractivity contribution in [3.8, 4) is 0 Å². The van der Waals surface area contributed by atoms with Crippen LogP contribution in [-0.4, -0.2) is 20.0 Å². The summed E-state index contributed by atoms with van der Waals surface area (Å²) in [6, 6.07) is 12.9. The van der Waals surface area contributed by atoms with Gasteiger partial charge in [-0.05, 0) is 36.8 Å². The van der Waals surface area contributed by atoms with E-state index >= 15 is 0 Å². The summed E-state index contributed by atoms with van der Waals surface area (Å²) < 4.78 is 2.38. The number of H-pyrrole nitrogens is 1. The molecule has 154 valence electrons. The van der Waals surface area contributed by atoms with Gasteiger partial charge in [0, 0.05) is 52.7 Å². The Morgan fingerprint density at radius 2 is 1.80 bits per heavy atom. The molecule has 0 aliphatic rings. The van der Waals surface area contributed by atoms with Gasteiger partial charge < -0.3 is 10.3 Å². The van der Waals surface area contributed by atoms with Crippen LogP contribution in [0.1, 0.15) is 24.1 Å². The Kier molecular flexibility index (Phi) is 4.99. The van der Waals surface area contributed by atoms with Crippen molar-refractivity contribution in [2.75, 3.05) is 0 Å². The van der Waals surface area contributed by atoms with E-state index in [9.17, 15) is 14.4 Å². The number of nitrogens with one attached hydrogen (secondary N) is 2. The van der Waals surface area contributed by atoms with Crippen LogP contribution in [-0.2, 0) is 25.4 Å². The standard InChI is InChI=1S/C22H21ClN4O3/c1-12(21(29)24-11-15-10-20(28)27(3)22(30)26(15)2)13-4-6-16-17-9-14(23)5-7-18(17)25-19(16)8-13/h4-10,12,25H,11H2,1-3H3,(H,24,29). The van der Waals surface area contributed by atoms with E-state index in [-0.39, 0.29) is 12.5 Å². The first-order valence-electron chi connectivity index (χ1n) is 9.51. The lowest BCUT2D eigenvalue weighted by atomic mass is 9.98. The molecule has 8 heteroatoms. The number of halogens is 1. The van der Waals surface area contributed by atoms with Gasteiger partial charge in [-0.15, -0.1) is 0 Å². The molecule has 0 saturated heterocycles. The summed E-state index contributed by atoms with van der Waals surface area (Å²) in [4.78, 5) is 40.0. The molecule has 2 N–H and O–H groups in total. The van der Waals surface area contributed by atoms with Crippen molar-refractivity contribution in [2.45, 2.75) is 19.4 Å². The maximum absolute atomic E-state index is 12.7. The number of hydrogen-bond acceptors (Lipinski definition) is 3. The van der Waals surface area contributed by atoms with Crippen molar-refractivity contribution < 1.29 is 4.79 Å². The first kappa shape index (κ1) is 20.0. The minimum Gasteiger partial charge on any atom is -0.355 e. The Morgan fingerprint density at radius 1 is 1.03 bits per heavy atom. The van der Waals surface area contributed by atoms with Gasteiger partial charge in [-0.1, -0.05) is 23.7 Å². The molecule has 7 nitrogen and oxygen atoms in total. The highest BCUT2D eigenvalue weighted by Crippen LogP contribution is 2.30. The number of amides is 1. The number of hydrogen-bond donors (Lipinski definition) is 2. The summed E-state index contributed by atoms with van der Waals surface area (Å²) in [5, 5.41) is 5.57. The summed E-state index contributed by atoms with van der Waals surface area (Å²) in [5.74, 6) is -0.602. The van der Waals surface area contributed by atoms with Gasteiger partial charge in [0.15, 0.2) is 0 Å². The average Bonchev–Trinajstić information content (AvgIpc) is 3.10. The Morgan fingerprint density at radius 3 is 2.57 bits per heavy atom. The van der Waals surface area contributed by atoms with Crippen LogP contribution < -0.4 is 16.6 Å². The van der Waals surface area contributed by atoms with Gasteiger partial charge in [-0.25, -0.2) is 4.79 Å². The number of fused-ring (bicyclic) bond motifs is 3. The predicted octanol–water partition coefficient (Wildman–Crippen LogP) is 2.79. The molecule has 30 heavy (non-hydrogen) atoms. The van der Waals surface area contributed by atoms with E-state index in [1.165, 1.54) is 17.7 Å². The lowest BCUT2D eigenvalue weighted by Crippen LogP contribution is -2.39. The zero-order valence-electron chi connectivity index (χ0n) is 16.8. The topological polar surface area (TPSA) is 88.9 Å². The minimum atomic E-state index is -0.427. The highest BCUT2D eigenvalue weighted by molar-refractivity contribution is 6.31. The van der Waals surface area contributed by atoms with Gasteiger partial charge >= 0.3 is 5.69 Å². The fourth-order valence-electron chi connectivity index (χ4n) is 3.59. The molecule has 1 unspecified atom stereocenters. The molecule has 4 aromatic rings. The number of aromatic amines is 1. The Bertz CT molecular complexity index is 1410. The number of nitrogens with zero attached hydrogens (tertiary/aromatic N) is 2. The van der Waals surface area contributed by atoms with Gasteiger partial charge in [0.1, 0.15) is 0 Å². The Balaban J connectivity index is 1.57. The normalized spacial score (nSPS) is 12.4. The lowest BCUT2D eigenvalue weighted by Gasteiger charge is -2.14. The summed E-state index contributed by atoms with van der Waals surface area (Å²) in [6.45, 7) is 1.91. The molecular formula is C22H21ClN4O3. The van der Waals surface area contributed by atoms with Crippen LogP contribution >= 0.6 is 11.6 Å². The fourth-order valence-corrected chi connectivity index (χ4v) is 3.77. The summed E-state index contributed by atoms with van der Waals surface area (Å²) in [6.07, 6.45) is 0. The smallest absolute Gasteiger partial charge is 0.330 e. The van der Waals surface area contributed by atoms with Crippen LogP contribution in [0, 0.1) is 0 Å². The molecule has 1 amide bonds. The maximum atomic E-state index is 12.7. The van der Waals surface area contributed by atoms with Crippen molar-refractivity contribution >= 4 is 39.3 Å². The van der Waals surface area contributed by atoms with Crippen molar-refractivity contribution in [1.29, 1.82) is 0 Å². The van der Waals surface area contributed by atoms with E-state index < -0.39 is 17.2 Å². The largest absolute Gasteiger partial charge is 0.355 e. The van der Waals surface area contributed by atoms with Crippen molar-refractivity contribution in [3.63, 3.8) is 0 Å². The number of carbonyl (C=O) groups excluding carboxylic acids is 1. The van der Waals surface area contributed by atoms with E-state index in [0.717, 1.165) is 31.9 Å². The molecule has 0 bridgehead atoms. The van der Waals surface area contributed by atoms with Gasteiger partial charge in [0.05, 0.1) is 12.5 Å². The van der Waals surface area contributed by atoms with E-state index in [1.54, 1.807) is 7.05 Å². The summed E-state index contributed by atoms with van der Waals surface area (Å²) in [5.41, 5.74) is 2.39. The molecule has 0 aliphatic heterocycles. The van der Waals surface area contributed by atoms with Crippen LogP contribution in [0.2, 0.25) is 5.02 Å². The number of benzene rings is 2. The SMILES string of the molecule is CC(C(=O)NCc1cc(=O)n(C)c(=O)n1C)c1ccc2c(c1)[nH]c1ccc(Cl)cc12. The molecule has 2 aromatic heterocycles. The first-order chi connectivity index (χ1) is 14.3. The van der Waals surface area contributed by atoms with E-state index in [2.05, 4.69) is 10.3 Å². The van der Waals surface area contributed by atoms with Crippen molar-refractivity contribution in [1.82, 2.24) is 19.4 Å². The third kappa shape index (κ3) is 3.41. The number of carbonyl (C=O) groups is 1. The summed E-state index contributed by atoms with van der Waals surface area (Å²) in [7, 11) is 2.99. The lowest BCUT2D eigenvalue weighted by molar-refractivity contribution is -0.122. The molecule has 0 aliphatic carbocycles. The number of rotatable bonds is 4. The zero-order valence-corrected chi connectivity index (χ0v) is 17.6. The van der Waals surface area contributed by atoms with Gasteiger partial charge in [0.2, 0.25) is 5.91 Å². The van der Waals surface area contributed by atoms with Crippen LogP contribution in [0.4, 0.5) is 0 Å². The van der Waals surface area contributed by atoms with Crippen LogP contribution in [0.5, 0.6) is 0 Å². The molecule has 2 heterocycles. The second kappa shape index (κ2) is 7.50. The molecule has 0 radical (unpaired) electrons. The predicted molar refractivity (Wildman–Crippen MR) is 118 cm³/mol. The van der Waals surface area contributed by atoms with Gasteiger partial charge in [0.25, 0.3) is 5.56 Å². The molecule has 4 rings (SSSR count). The second-order valence-electron chi connectivity index (χ2n) is 7.43. The van der Waals surface area contributed by atoms with Crippen molar-refractivity contribution in [3.05, 3.63) is 79.6 Å². The van der Waals surface area contributed by atoms with E-state index in [0.29, 0.717) is 10.7 Å². The third-order valence-corrected chi connectivity index (χ3v) is 5.78. The number of aromatic nitrogens is 3. The Hall–Kier alpha value is -3.32. The molecule has 2 aromatic carbocycles. The monoisotopic (exact) mass is 424 g/mol. The maximum Gasteiger partial charge on any atom is 0.330 e. The Labute approximate surface area is 176 Å². The minimum absolute atomic E-state index is 0.0954. The average molecular weight is 425 g/mol. The van der Waals surface area contributed by atoms with Crippen LogP contribution in [0.15, 0.2) is 52.1 Å². The van der Waals surface area contributed by atoms with Crippen LogP contribution in [0.25, 0.3) is 21.8 Å². The van der Waals surface area contributed by atoms with Gasteiger partial charge in [-0.2, -0.15) is 0 Å². The van der Waals surface area contributed by atoms with Crippen LogP contribution in [0.3, 0.4) is 0 Å².